The normalized spacial score (nSPS) is 15.7. The third kappa shape index (κ3) is 3.35. The van der Waals surface area contributed by atoms with Crippen molar-refractivity contribution in [1.29, 1.82) is 0 Å². The Bertz CT molecular complexity index is 688. The maximum absolute atomic E-state index is 11.9. The molecule has 22 heavy (non-hydrogen) atoms. The van der Waals surface area contributed by atoms with Crippen molar-refractivity contribution in [1.82, 2.24) is 14.9 Å². The first-order valence-corrected chi connectivity index (χ1v) is 7.59. The van der Waals surface area contributed by atoms with Gasteiger partial charge in [-0.05, 0) is 57.4 Å². The van der Waals surface area contributed by atoms with Crippen LogP contribution in [0.2, 0.25) is 0 Å². The average Bonchev–Trinajstić information content (AvgIpc) is 2.40. The Morgan fingerprint density at radius 2 is 2.09 bits per heavy atom. The van der Waals surface area contributed by atoms with Crippen molar-refractivity contribution in [3.8, 4) is 0 Å². The van der Waals surface area contributed by atoms with E-state index in [1.165, 1.54) is 0 Å². The van der Waals surface area contributed by atoms with Crippen LogP contribution in [0.3, 0.4) is 0 Å². The summed E-state index contributed by atoms with van der Waals surface area (Å²) in [6, 6.07) is 8.01. The lowest BCUT2D eigenvalue weighted by atomic mass is 9.95. The van der Waals surface area contributed by atoms with Crippen molar-refractivity contribution in [2.75, 3.05) is 13.1 Å². The average molecular weight is 299 g/mol. The molecule has 5 heteroatoms. The summed E-state index contributed by atoms with van der Waals surface area (Å²) >= 11 is 0. The van der Waals surface area contributed by atoms with Crippen LogP contribution in [0, 0.1) is 5.92 Å². The Balaban J connectivity index is 1.56. The van der Waals surface area contributed by atoms with Crippen LogP contribution in [-0.2, 0) is 11.2 Å². The number of pyridine rings is 2. The predicted octanol–water partition coefficient (Wildman–Crippen LogP) is 3.04. The number of carbonyl (C=O) groups excluding carboxylic acids is 1. The Morgan fingerprint density at radius 3 is 2.82 bits per heavy atom. The van der Waals surface area contributed by atoms with Gasteiger partial charge in [0, 0.05) is 30.4 Å². The quantitative estimate of drug-likeness (QED) is 0.855. The molecule has 1 amide bonds. The van der Waals surface area contributed by atoms with Gasteiger partial charge in [0.15, 0.2) is 5.65 Å². The molecular weight excluding hydrogens is 278 g/mol. The fourth-order valence-corrected chi connectivity index (χ4v) is 2.58. The van der Waals surface area contributed by atoms with Crippen molar-refractivity contribution in [2.45, 2.75) is 32.8 Å². The zero-order chi connectivity index (χ0) is 15.7. The molecule has 1 aliphatic heterocycles. The lowest BCUT2D eigenvalue weighted by Gasteiger charge is -2.39. The third-order valence-corrected chi connectivity index (χ3v) is 3.63. The molecule has 0 bridgehead atoms. The smallest absolute Gasteiger partial charge is 0.410 e. The number of fused-ring (bicyclic) bond motifs is 1. The molecule has 1 saturated heterocycles. The van der Waals surface area contributed by atoms with Gasteiger partial charge >= 0.3 is 6.09 Å². The Kier molecular flexibility index (Phi) is 3.72. The third-order valence-electron chi connectivity index (χ3n) is 3.63. The molecule has 116 valence electrons. The second-order valence-corrected chi connectivity index (χ2v) is 6.81. The summed E-state index contributed by atoms with van der Waals surface area (Å²) in [6.07, 6.45) is 2.40. The Labute approximate surface area is 130 Å². The lowest BCUT2D eigenvalue weighted by molar-refractivity contribution is -0.000997. The van der Waals surface area contributed by atoms with Crippen LogP contribution in [0.15, 0.2) is 30.5 Å². The minimum Gasteiger partial charge on any atom is -0.444 e. The van der Waals surface area contributed by atoms with Gasteiger partial charge in [0.1, 0.15) is 5.60 Å². The molecule has 3 rings (SSSR count). The maximum atomic E-state index is 11.9. The maximum Gasteiger partial charge on any atom is 0.410 e. The number of hydrogen-bond acceptors (Lipinski definition) is 4. The highest BCUT2D eigenvalue weighted by molar-refractivity contribution is 5.74. The molecule has 1 aliphatic rings. The number of ether oxygens (including phenoxy) is 1. The first kappa shape index (κ1) is 14.8. The molecule has 0 N–H and O–H groups in total. The molecule has 0 radical (unpaired) electrons. The zero-order valence-electron chi connectivity index (χ0n) is 13.2. The number of rotatable bonds is 2. The molecular formula is C17H21N3O2. The van der Waals surface area contributed by atoms with Gasteiger partial charge in [-0.25, -0.2) is 14.8 Å². The summed E-state index contributed by atoms with van der Waals surface area (Å²) in [4.78, 5) is 22.5. The number of likely N-dealkylation sites (tertiary alicyclic amines) is 1. The highest BCUT2D eigenvalue weighted by atomic mass is 16.6. The summed E-state index contributed by atoms with van der Waals surface area (Å²) in [5.41, 5.74) is 1.37. The van der Waals surface area contributed by atoms with Crippen LogP contribution >= 0.6 is 0 Å². The number of carbonyl (C=O) groups is 1. The van der Waals surface area contributed by atoms with Gasteiger partial charge in [-0.15, -0.1) is 0 Å². The van der Waals surface area contributed by atoms with Crippen molar-refractivity contribution in [2.24, 2.45) is 5.92 Å². The van der Waals surface area contributed by atoms with Crippen LogP contribution < -0.4 is 0 Å². The van der Waals surface area contributed by atoms with Gasteiger partial charge in [-0.3, -0.25) is 0 Å². The summed E-state index contributed by atoms with van der Waals surface area (Å²) in [5.74, 6) is 0.446. The molecule has 3 heterocycles. The topological polar surface area (TPSA) is 55.3 Å². The first-order valence-electron chi connectivity index (χ1n) is 7.59. The van der Waals surface area contributed by atoms with E-state index < -0.39 is 5.60 Å². The van der Waals surface area contributed by atoms with Crippen molar-refractivity contribution in [3.05, 3.63) is 36.2 Å². The van der Waals surface area contributed by atoms with Gasteiger partial charge in [0.25, 0.3) is 0 Å². The molecule has 1 fully saturated rings. The summed E-state index contributed by atoms with van der Waals surface area (Å²) in [7, 11) is 0. The molecule has 0 saturated carbocycles. The van der Waals surface area contributed by atoms with E-state index in [-0.39, 0.29) is 6.09 Å². The van der Waals surface area contributed by atoms with Gasteiger partial charge in [0.05, 0.1) is 0 Å². The van der Waals surface area contributed by atoms with E-state index in [0.29, 0.717) is 5.92 Å². The number of nitrogens with zero attached hydrogens (tertiary/aromatic N) is 3. The number of amides is 1. The molecule has 0 spiro atoms. The molecule has 0 aliphatic carbocycles. The van der Waals surface area contributed by atoms with Gasteiger partial charge < -0.3 is 9.64 Å². The second kappa shape index (κ2) is 5.55. The van der Waals surface area contributed by atoms with E-state index in [1.807, 2.05) is 39.0 Å². The van der Waals surface area contributed by atoms with Gasteiger partial charge in [0.2, 0.25) is 0 Å². The van der Waals surface area contributed by atoms with E-state index in [2.05, 4.69) is 16.0 Å². The standard InChI is InChI=1S/C17H21N3O2/c1-17(2,3)22-16(21)20-10-12(11-20)9-14-7-6-13-5-4-8-18-15(13)19-14/h4-8,12H,9-11H2,1-3H3. The Hall–Kier alpha value is -2.17. The lowest BCUT2D eigenvalue weighted by Crippen LogP contribution is -2.52. The van der Waals surface area contributed by atoms with E-state index in [0.717, 1.165) is 36.2 Å². The molecule has 2 aromatic heterocycles. The minimum absolute atomic E-state index is 0.225. The van der Waals surface area contributed by atoms with E-state index in [1.54, 1.807) is 11.1 Å². The van der Waals surface area contributed by atoms with E-state index in [9.17, 15) is 4.79 Å². The molecule has 0 aromatic carbocycles. The zero-order valence-corrected chi connectivity index (χ0v) is 13.2. The second-order valence-electron chi connectivity index (χ2n) is 6.81. The summed E-state index contributed by atoms with van der Waals surface area (Å²) in [6.45, 7) is 7.12. The van der Waals surface area contributed by atoms with Crippen molar-refractivity contribution >= 4 is 17.1 Å². The molecule has 0 atom stereocenters. The van der Waals surface area contributed by atoms with Crippen molar-refractivity contribution < 1.29 is 9.53 Å². The monoisotopic (exact) mass is 299 g/mol. The first-order chi connectivity index (χ1) is 10.4. The molecule has 2 aromatic rings. The Morgan fingerprint density at radius 1 is 1.32 bits per heavy atom. The van der Waals surface area contributed by atoms with Crippen molar-refractivity contribution in [3.63, 3.8) is 0 Å². The van der Waals surface area contributed by atoms with Crippen LogP contribution in [-0.4, -0.2) is 39.7 Å². The number of aromatic nitrogens is 2. The molecule has 0 unspecified atom stereocenters. The fourth-order valence-electron chi connectivity index (χ4n) is 2.58. The van der Waals surface area contributed by atoms with E-state index >= 15 is 0 Å². The van der Waals surface area contributed by atoms with Crippen LogP contribution in [0.4, 0.5) is 4.79 Å². The minimum atomic E-state index is -0.437. The summed E-state index contributed by atoms with van der Waals surface area (Å²) < 4.78 is 5.36. The number of hydrogen-bond donors (Lipinski definition) is 0. The van der Waals surface area contributed by atoms with Crippen LogP contribution in [0.1, 0.15) is 26.5 Å². The SMILES string of the molecule is CC(C)(C)OC(=O)N1CC(Cc2ccc3cccnc3n2)C1. The fraction of sp³-hybridized carbons (Fsp3) is 0.471. The van der Waals surface area contributed by atoms with Gasteiger partial charge in [-0.2, -0.15) is 0 Å². The van der Waals surface area contributed by atoms with Gasteiger partial charge in [-0.1, -0.05) is 0 Å². The van der Waals surface area contributed by atoms with E-state index in [4.69, 9.17) is 4.74 Å². The highest BCUT2D eigenvalue weighted by Crippen LogP contribution is 2.23. The highest BCUT2D eigenvalue weighted by Gasteiger charge is 2.33. The molecule has 5 nitrogen and oxygen atoms in total. The summed E-state index contributed by atoms with van der Waals surface area (Å²) in [5, 5.41) is 1.05. The predicted molar refractivity (Wildman–Crippen MR) is 84.5 cm³/mol. The largest absolute Gasteiger partial charge is 0.444 e. The van der Waals surface area contributed by atoms with Crippen LogP contribution in [0.5, 0.6) is 0 Å². The van der Waals surface area contributed by atoms with Crippen LogP contribution in [0.25, 0.3) is 11.0 Å².